The van der Waals surface area contributed by atoms with Gasteiger partial charge < -0.3 is 10.1 Å². The normalized spacial score (nSPS) is 17.3. The van der Waals surface area contributed by atoms with Crippen molar-refractivity contribution in [2.24, 2.45) is 0 Å². The molecule has 0 radical (unpaired) electrons. The van der Waals surface area contributed by atoms with Gasteiger partial charge in [-0.3, -0.25) is 9.29 Å². The molecule has 1 saturated heterocycles. The highest BCUT2D eigenvalue weighted by atomic mass is 35.5. The summed E-state index contributed by atoms with van der Waals surface area (Å²) in [5, 5.41) is 3.33. The molecule has 20 heavy (non-hydrogen) atoms. The number of rotatable bonds is 6. The van der Waals surface area contributed by atoms with Crippen LogP contribution < -0.4 is 10.1 Å². The van der Waals surface area contributed by atoms with Crippen LogP contribution in [0.5, 0.6) is 5.75 Å². The molecule has 3 nitrogen and oxygen atoms in total. The molecule has 0 aliphatic carbocycles. The second-order valence-corrected chi connectivity index (χ2v) is 4.78. The largest absolute Gasteiger partial charge is 0.494 e. The summed E-state index contributed by atoms with van der Waals surface area (Å²) in [6.07, 6.45) is 0.563. The zero-order valence-corrected chi connectivity index (χ0v) is 12.8. The van der Waals surface area contributed by atoms with Gasteiger partial charge in [0.05, 0.1) is 13.3 Å². The van der Waals surface area contributed by atoms with Crippen LogP contribution in [-0.4, -0.2) is 44.4 Å². The molecule has 1 atom stereocenters. The Balaban J connectivity index is 0.00000200. The number of hydrogen-bond acceptors (Lipinski definition) is 3. The van der Waals surface area contributed by atoms with E-state index in [1.54, 1.807) is 0 Å². The van der Waals surface area contributed by atoms with Gasteiger partial charge in [0.15, 0.2) is 0 Å². The van der Waals surface area contributed by atoms with Gasteiger partial charge in [0.1, 0.15) is 5.75 Å². The topological polar surface area (TPSA) is 24.5 Å². The highest BCUT2D eigenvalue weighted by Crippen LogP contribution is 2.26. The molecule has 0 aromatic heterocycles. The van der Waals surface area contributed by atoms with Crippen molar-refractivity contribution in [2.75, 3.05) is 39.5 Å². The van der Waals surface area contributed by atoms with Gasteiger partial charge in [-0.1, -0.05) is 12.1 Å². The zero-order chi connectivity index (χ0) is 13.5. The Bertz CT molecular complexity index is 369. The lowest BCUT2D eigenvalue weighted by atomic mass is 10.0. The monoisotopic (exact) mass is 302 g/mol. The maximum atomic E-state index is 12.8. The van der Waals surface area contributed by atoms with E-state index >= 15 is 0 Å². The number of hydrogen-bond donors (Lipinski definition) is 1. The van der Waals surface area contributed by atoms with Crippen LogP contribution in [0.15, 0.2) is 24.3 Å². The fourth-order valence-electron chi connectivity index (χ4n) is 2.61. The van der Waals surface area contributed by atoms with Gasteiger partial charge in [-0.15, -0.1) is 12.4 Å². The van der Waals surface area contributed by atoms with Crippen LogP contribution in [0.1, 0.15) is 24.9 Å². The summed E-state index contributed by atoms with van der Waals surface area (Å²) in [5.41, 5.74) is 1.18. The molecule has 0 amide bonds. The van der Waals surface area contributed by atoms with Gasteiger partial charge in [-0.2, -0.15) is 0 Å². The minimum atomic E-state index is -0.276. The molecule has 2 rings (SSSR count). The summed E-state index contributed by atoms with van der Waals surface area (Å²) in [4.78, 5) is 2.37. The molecule has 1 heterocycles. The van der Waals surface area contributed by atoms with E-state index < -0.39 is 0 Å². The van der Waals surface area contributed by atoms with Crippen molar-refractivity contribution in [1.29, 1.82) is 0 Å². The fourth-order valence-corrected chi connectivity index (χ4v) is 2.61. The Hall–Kier alpha value is -0.840. The number of nitrogens with one attached hydrogen (secondary N) is 1. The van der Waals surface area contributed by atoms with E-state index in [2.05, 4.69) is 22.3 Å². The number of halogens is 2. The van der Waals surface area contributed by atoms with Gasteiger partial charge >= 0.3 is 0 Å². The number of nitrogens with zero attached hydrogens (tertiary/aromatic N) is 1. The summed E-state index contributed by atoms with van der Waals surface area (Å²) >= 11 is 0. The van der Waals surface area contributed by atoms with Crippen LogP contribution in [0, 0.1) is 0 Å². The minimum absolute atomic E-state index is 0. The first-order chi connectivity index (χ1) is 9.35. The molecule has 1 aliphatic heterocycles. The molecule has 0 saturated carbocycles. The SMILES string of the molecule is CCOc1ccc([C@H](CCF)N2CCNCC2)cc1.Cl. The molecule has 114 valence electrons. The summed E-state index contributed by atoms with van der Waals surface area (Å²) in [5.74, 6) is 0.880. The molecule has 1 fully saturated rings. The van der Waals surface area contributed by atoms with E-state index in [0.29, 0.717) is 13.0 Å². The number of benzene rings is 1. The predicted octanol–water partition coefficient (Wildman–Crippen LogP) is 2.81. The Morgan fingerprint density at radius 3 is 2.45 bits per heavy atom. The molecule has 1 N–H and O–H groups in total. The van der Waals surface area contributed by atoms with Crippen LogP contribution in [0.3, 0.4) is 0 Å². The van der Waals surface area contributed by atoms with Gasteiger partial charge in [-0.25, -0.2) is 0 Å². The van der Waals surface area contributed by atoms with Crippen molar-refractivity contribution in [2.45, 2.75) is 19.4 Å². The molecular weight excluding hydrogens is 279 g/mol. The molecule has 0 unspecified atom stereocenters. The van der Waals surface area contributed by atoms with Crippen LogP contribution in [0.2, 0.25) is 0 Å². The van der Waals surface area contributed by atoms with E-state index in [9.17, 15) is 4.39 Å². The quantitative estimate of drug-likeness (QED) is 0.874. The maximum absolute atomic E-state index is 12.8. The molecule has 0 spiro atoms. The minimum Gasteiger partial charge on any atom is -0.494 e. The number of alkyl halides is 1. The van der Waals surface area contributed by atoms with Crippen molar-refractivity contribution in [3.63, 3.8) is 0 Å². The van der Waals surface area contributed by atoms with Crippen molar-refractivity contribution in [1.82, 2.24) is 10.2 Å². The van der Waals surface area contributed by atoms with Gasteiger partial charge in [0.2, 0.25) is 0 Å². The van der Waals surface area contributed by atoms with Crippen molar-refractivity contribution in [3.05, 3.63) is 29.8 Å². The Labute approximate surface area is 126 Å². The lowest BCUT2D eigenvalue weighted by molar-refractivity contribution is 0.157. The maximum Gasteiger partial charge on any atom is 0.119 e. The summed E-state index contributed by atoms with van der Waals surface area (Å²) in [7, 11) is 0. The van der Waals surface area contributed by atoms with E-state index in [4.69, 9.17) is 4.74 Å². The van der Waals surface area contributed by atoms with Crippen molar-refractivity contribution < 1.29 is 9.13 Å². The van der Waals surface area contributed by atoms with E-state index in [-0.39, 0.29) is 25.1 Å². The molecule has 5 heteroatoms. The second kappa shape index (κ2) is 9.16. The van der Waals surface area contributed by atoms with Crippen molar-refractivity contribution >= 4 is 12.4 Å². The first-order valence-electron chi connectivity index (χ1n) is 7.08. The molecule has 1 aromatic rings. The summed E-state index contributed by atoms with van der Waals surface area (Å²) < 4.78 is 18.3. The zero-order valence-electron chi connectivity index (χ0n) is 12.0. The standard InChI is InChI=1S/C15H23FN2O.ClH/c1-2-19-14-5-3-13(4-6-14)15(7-8-16)18-11-9-17-10-12-18;/h3-6,15,17H,2,7-12H2,1H3;1H/t15-;/m0./s1. The number of piperazine rings is 1. The average Bonchev–Trinajstić information content (AvgIpc) is 2.47. The highest BCUT2D eigenvalue weighted by Gasteiger charge is 2.21. The molecular formula is C15H24ClFN2O. The van der Waals surface area contributed by atoms with E-state index in [1.807, 2.05) is 19.1 Å². The summed E-state index contributed by atoms with van der Waals surface area (Å²) in [6.45, 7) is 6.31. The van der Waals surface area contributed by atoms with Crippen LogP contribution >= 0.6 is 12.4 Å². The average molecular weight is 303 g/mol. The third-order valence-corrected chi connectivity index (χ3v) is 3.55. The Kier molecular flexibility index (Phi) is 7.88. The van der Waals surface area contributed by atoms with E-state index in [0.717, 1.165) is 31.9 Å². The first kappa shape index (κ1) is 17.2. The third kappa shape index (κ3) is 4.62. The second-order valence-electron chi connectivity index (χ2n) is 4.78. The van der Waals surface area contributed by atoms with Gasteiger partial charge in [0, 0.05) is 32.2 Å². The van der Waals surface area contributed by atoms with E-state index in [1.165, 1.54) is 5.56 Å². The third-order valence-electron chi connectivity index (χ3n) is 3.55. The fraction of sp³-hybridized carbons (Fsp3) is 0.600. The molecule has 1 aromatic carbocycles. The summed E-state index contributed by atoms with van der Waals surface area (Å²) in [6, 6.07) is 8.27. The predicted molar refractivity (Wildman–Crippen MR) is 82.6 cm³/mol. The Morgan fingerprint density at radius 1 is 1.25 bits per heavy atom. The Morgan fingerprint density at radius 2 is 1.90 bits per heavy atom. The van der Waals surface area contributed by atoms with Gasteiger partial charge in [-0.05, 0) is 31.0 Å². The lowest BCUT2D eigenvalue weighted by Crippen LogP contribution is -2.45. The highest BCUT2D eigenvalue weighted by molar-refractivity contribution is 5.85. The molecule has 1 aliphatic rings. The van der Waals surface area contributed by atoms with Crippen LogP contribution in [-0.2, 0) is 0 Å². The smallest absolute Gasteiger partial charge is 0.119 e. The first-order valence-corrected chi connectivity index (χ1v) is 7.08. The number of ether oxygens (including phenoxy) is 1. The lowest BCUT2D eigenvalue weighted by Gasteiger charge is -2.35. The molecule has 0 bridgehead atoms. The van der Waals surface area contributed by atoms with Crippen LogP contribution in [0.4, 0.5) is 4.39 Å². The van der Waals surface area contributed by atoms with Crippen molar-refractivity contribution in [3.8, 4) is 5.75 Å². The van der Waals surface area contributed by atoms with Gasteiger partial charge in [0.25, 0.3) is 0 Å². The van der Waals surface area contributed by atoms with Crippen LogP contribution in [0.25, 0.3) is 0 Å².